The zero-order valence-electron chi connectivity index (χ0n) is 9.08. The van der Waals surface area contributed by atoms with Gasteiger partial charge in [-0.25, -0.2) is 4.98 Å². The molecule has 2 rings (SSSR count). The molecule has 3 heteroatoms. The second-order valence-electron chi connectivity index (χ2n) is 4.13. The van der Waals surface area contributed by atoms with Crippen molar-refractivity contribution in [3.63, 3.8) is 0 Å². The normalized spacial score (nSPS) is 20.9. The predicted octanol–water partition coefficient (Wildman–Crippen LogP) is 1.54. The van der Waals surface area contributed by atoms with Crippen molar-refractivity contribution >= 4 is 0 Å². The van der Waals surface area contributed by atoms with Crippen LogP contribution in [-0.4, -0.2) is 23.1 Å². The minimum Gasteiger partial charge on any atom is -0.329 e. The topological polar surface area (TPSA) is 29.9 Å². The van der Waals surface area contributed by atoms with Gasteiger partial charge in [-0.05, 0) is 26.8 Å². The molecule has 0 aromatic carbocycles. The van der Waals surface area contributed by atoms with Crippen LogP contribution in [0.5, 0.6) is 0 Å². The van der Waals surface area contributed by atoms with Gasteiger partial charge < -0.3 is 9.88 Å². The van der Waals surface area contributed by atoms with Crippen LogP contribution in [0.2, 0.25) is 0 Å². The summed E-state index contributed by atoms with van der Waals surface area (Å²) in [5.41, 5.74) is 1.39. The van der Waals surface area contributed by atoms with Crippen molar-refractivity contribution in [2.75, 3.05) is 13.6 Å². The molecule has 1 aromatic heterocycles. The first kappa shape index (κ1) is 9.71. The molecule has 0 fully saturated rings. The molecule has 1 aliphatic rings. The second kappa shape index (κ2) is 4.13. The summed E-state index contributed by atoms with van der Waals surface area (Å²) in [6.07, 6.45) is 6.89. The smallest absolute Gasteiger partial charge is 0.109 e. The average Bonchev–Trinajstić information content (AvgIpc) is 2.59. The Labute approximate surface area is 85.5 Å². The molecular weight excluding hydrogens is 174 g/mol. The number of nitrogens with one attached hydrogen (secondary N) is 1. The zero-order valence-corrected chi connectivity index (χ0v) is 9.08. The average molecular weight is 193 g/mol. The number of fused-ring (bicyclic) bond motifs is 1. The molecule has 1 atom stereocenters. The minimum atomic E-state index is 0.646. The third-order valence-corrected chi connectivity index (χ3v) is 3.04. The van der Waals surface area contributed by atoms with Crippen LogP contribution < -0.4 is 5.32 Å². The van der Waals surface area contributed by atoms with E-state index in [0.717, 1.165) is 19.4 Å². The van der Waals surface area contributed by atoms with Gasteiger partial charge in [0.05, 0.1) is 0 Å². The van der Waals surface area contributed by atoms with Crippen LogP contribution in [0.15, 0.2) is 6.20 Å². The molecule has 0 aliphatic carbocycles. The van der Waals surface area contributed by atoms with E-state index in [4.69, 9.17) is 0 Å². The molecular formula is C11H19N3. The van der Waals surface area contributed by atoms with E-state index in [2.05, 4.69) is 28.0 Å². The molecule has 0 saturated carbocycles. The van der Waals surface area contributed by atoms with Crippen LogP contribution in [0.1, 0.15) is 37.3 Å². The van der Waals surface area contributed by atoms with Gasteiger partial charge in [0.15, 0.2) is 0 Å². The molecule has 1 N–H and O–H groups in total. The lowest BCUT2D eigenvalue weighted by atomic mass is 10.1. The van der Waals surface area contributed by atoms with Crippen LogP contribution in [0.3, 0.4) is 0 Å². The van der Waals surface area contributed by atoms with E-state index in [0.29, 0.717) is 6.04 Å². The number of rotatable bonds is 3. The van der Waals surface area contributed by atoms with Gasteiger partial charge in [0.2, 0.25) is 0 Å². The second-order valence-corrected chi connectivity index (χ2v) is 4.13. The van der Waals surface area contributed by atoms with E-state index in [-0.39, 0.29) is 0 Å². The summed E-state index contributed by atoms with van der Waals surface area (Å²) >= 11 is 0. The predicted molar refractivity (Wildman–Crippen MR) is 57.5 cm³/mol. The van der Waals surface area contributed by atoms with Gasteiger partial charge >= 0.3 is 0 Å². The maximum Gasteiger partial charge on any atom is 0.109 e. The Morgan fingerprint density at radius 2 is 2.50 bits per heavy atom. The summed E-state index contributed by atoms with van der Waals surface area (Å²) in [6, 6.07) is 0.646. The van der Waals surface area contributed by atoms with Crippen molar-refractivity contribution < 1.29 is 0 Å². The number of aromatic nitrogens is 2. The van der Waals surface area contributed by atoms with Gasteiger partial charge in [0, 0.05) is 37.3 Å². The van der Waals surface area contributed by atoms with Crippen molar-refractivity contribution in [1.82, 2.24) is 14.9 Å². The monoisotopic (exact) mass is 193 g/mol. The van der Waals surface area contributed by atoms with Gasteiger partial charge in [-0.3, -0.25) is 0 Å². The first-order valence-corrected chi connectivity index (χ1v) is 5.52. The van der Waals surface area contributed by atoms with E-state index in [9.17, 15) is 0 Å². The summed E-state index contributed by atoms with van der Waals surface area (Å²) < 4.78 is 2.43. The van der Waals surface area contributed by atoms with Crippen molar-refractivity contribution in [1.29, 1.82) is 0 Å². The lowest BCUT2D eigenvalue weighted by molar-refractivity contribution is 0.414. The van der Waals surface area contributed by atoms with Gasteiger partial charge in [0.25, 0.3) is 0 Å². The zero-order chi connectivity index (χ0) is 9.97. The molecule has 2 heterocycles. The number of hydrogen-bond donors (Lipinski definition) is 1. The quantitative estimate of drug-likeness (QED) is 0.789. The summed E-state index contributed by atoms with van der Waals surface area (Å²) in [7, 11) is 2.00. The Kier molecular flexibility index (Phi) is 2.87. The van der Waals surface area contributed by atoms with Crippen LogP contribution in [-0.2, 0) is 12.8 Å². The fourth-order valence-electron chi connectivity index (χ4n) is 2.28. The van der Waals surface area contributed by atoms with Crippen LogP contribution in [0, 0.1) is 0 Å². The SMILES string of the molecule is CNCCc1cnc2n1C(C)CCC2. The Balaban J connectivity index is 2.20. The maximum absolute atomic E-state index is 4.50. The third-order valence-electron chi connectivity index (χ3n) is 3.04. The molecule has 14 heavy (non-hydrogen) atoms. The Bertz CT molecular complexity index is 303. The van der Waals surface area contributed by atoms with Crippen molar-refractivity contribution in [2.45, 2.75) is 38.6 Å². The minimum absolute atomic E-state index is 0.646. The highest BCUT2D eigenvalue weighted by atomic mass is 15.1. The van der Waals surface area contributed by atoms with Crippen LogP contribution in [0.4, 0.5) is 0 Å². The van der Waals surface area contributed by atoms with E-state index in [1.165, 1.54) is 24.4 Å². The largest absolute Gasteiger partial charge is 0.329 e. The molecule has 0 radical (unpaired) electrons. The summed E-state index contributed by atoms with van der Waals surface area (Å²) in [6.45, 7) is 3.34. The molecule has 0 bridgehead atoms. The fourth-order valence-corrected chi connectivity index (χ4v) is 2.28. The Morgan fingerprint density at radius 1 is 1.64 bits per heavy atom. The van der Waals surface area contributed by atoms with E-state index in [1.54, 1.807) is 0 Å². The van der Waals surface area contributed by atoms with Gasteiger partial charge in [-0.2, -0.15) is 0 Å². The van der Waals surface area contributed by atoms with Gasteiger partial charge in [0.1, 0.15) is 5.82 Å². The summed E-state index contributed by atoms with van der Waals surface area (Å²) in [4.78, 5) is 4.50. The van der Waals surface area contributed by atoms with Gasteiger partial charge in [-0.15, -0.1) is 0 Å². The number of imidazole rings is 1. The Morgan fingerprint density at radius 3 is 3.29 bits per heavy atom. The number of hydrogen-bond acceptors (Lipinski definition) is 2. The van der Waals surface area contributed by atoms with E-state index >= 15 is 0 Å². The lowest BCUT2D eigenvalue weighted by Crippen LogP contribution is -2.20. The Hall–Kier alpha value is -0.830. The van der Waals surface area contributed by atoms with Crippen LogP contribution in [0.25, 0.3) is 0 Å². The standard InChI is InChI=1S/C11H19N3/c1-9-4-3-5-11-13-8-10(14(9)11)6-7-12-2/h8-9,12H,3-7H2,1-2H3. The van der Waals surface area contributed by atoms with Crippen LogP contribution >= 0.6 is 0 Å². The number of aryl methyl sites for hydroxylation is 1. The lowest BCUT2D eigenvalue weighted by Gasteiger charge is -2.23. The van der Waals surface area contributed by atoms with Crippen molar-refractivity contribution in [3.8, 4) is 0 Å². The van der Waals surface area contributed by atoms with Crippen molar-refractivity contribution in [3.05, 3.63) is 17.7 Å². The fraction of sp³-hybridized carbons (Fsp3) is 0.727. The number of likely N-dealkylation sites (N-methyl/N-ethyl adjacent to an activating group) is 1. The highest BCUT2D eigenvalue weighted by molar-refractivity contribution is 5.10. The molecule has 3 nitrogen and oxygen atoms in total. The van der Waals surface area contributed by atoms with Crippen molar-refractivity contribution in [2.24, 2.45) is 0 Å². The molecule has 0 saturated heterocycles. The molecule has 0 amide bonds. The molecule has 0 spiro atoms. The first-order chi connectivity index (χ1) is 6.83. The highest BCUT2D eigenvalue weighted by Gasteiger charge is 2.19. The molecule has 1 aliphatic heterocycles. The van der Waals surface area contributed by atoms with E-state index < -0.39 is 0 Å². The number of nitrogens with zero attached hydrogens (tertiary/aromatic N) is 2. The third kappa shape index (κ3) is 1.69. The summed E-state index contributed by atoms with van der Waals surface area (Å²) in [5, 5.41) is 3.19. The van der Waals surface area contributed by atoms with E-state index in [1.807, 2.05) is 7.05 Å². The molecule has 78 valence electrons. The maximum atomic E-state index is 4.50. The highest BCUT2D eigenvalue weighted by Crippen LogP contribution is 2.25. The first-order valence-electron chi connectivity index (χ1n) is 5.52. The van der Waals surface area contributed by atoms with Gasteiger partial charge in [-0.1, -0.05) is 0 Å². The summed E-state index contributed by atoms with van der Waals surface area (Å²) in [5.74, 6) is 1.29. The molecule has 1 unspecified atom stereocenters. The molecule has 1 aromatic rings.